The number of nitrogens with one attached hydrogen (secondary N) is 1. The number of piperidine rings is 1. The van der Waals surface area contributed by atoms with Gasteiger partial charge in [-0.05, 0) is 67.6 Å². The molecule has 0 spiro atoms. The zero-order valence-corrected chi connectivity index (χ0v) is 20.0. The minimum absolute atomic E-state index is 0.00931. The molecule has 36 heavy (non-hydrogen) atoms. The fraction of sp³-hybridized carbons (Fsp3) is 0.385. The molecule has 0 radical (unpaired) electrons. The van der Waals surface area contributed by atoms with Gasteiger partial charge in [-0.1, -0.05) is 13.8 Å². The number of benzene rings is 2. The third-order valence-corrected chi connectivity index (χ3v) is 6.53. The van der Waals surface area contributed by atoms with E-state index < -0.39 is 29.3 Å². The predicted molar refractivity (Wildman–Crippen MR) is 129 cm³/mol. The van der Waals surface area contributed by atoms with Crippen molar-refractivity contribution >= 4 is 28.6 Å². The van der Waals surface area contributed by atoms with Crippen LogP contribution in [0.2, 0.25) is 0 Å². The zero-order chi connectivity index (χ0) is 26.3. The summed E-state index contributed by atoms with van der Waals surface area (Å²) in [5.74, 6) is -0.803. The minimum Gasteiger partial charge on any atom is -0.478 e. The van der Waals surface area contributed by atoms with Gasteiger partial charge in [-0.15, -0.1) is 0 Å². The number of carboxylic acid groups (broad SMARTS) is 1. The lowest BCUT2D eigenvalue weighted by Crippen LogP contribution is -2.48. The Kier molecular flexibility index (Phi) is 6.74. The van der Waals surface area contributed by atoms with Gasteiger partial charge in [0.05, 0.1) is 22.2 Å². The molecule has 1 aliphatic heterocycles. The number of aromatic carboxylic acids is 1. The van der Waals surface area contributed by atoms with Gasteiger partial charge in [0.25, 0.3) is 0 Å². The highest BCUT2D eigenvalue weighted by molar-refractivity contribution is 5.95. The highest BCUT2D eigenvalue weighted by atomic mass is 19.4. The number of aliphatic hydroxyl groups is 1. The fourth-order valence-electron chi connectivity index (χ4n) is 4.83. The van der Waals surface area contributed by atoms with Crippen molar-refractivity contribution in [2.75, 3.05) is 18.4 Å². The molecule has 1 aliphatic rings. The number of nitrogens with zero attached hydrogens (tertiary/aromatic N) is 2. The number of halogens is 3. The summed E-state index contributed by atoms with van der Waals surface area (Å²) in [6.07, 6.45) is -1.75. The van der Waals surface area contributed by atoms with Crippen LogP contribution in [0.5, 0.6) is 0 Å². The van der Waals surface area contributed by atoms with E-state index in [1.54, 1.807) is 0 Å². The van der Waals surface area contributed by atoms with Crippen molar-refractivity contribution in [2.24, 2.45) is 5.92 Å². The van der Waals surface area contributed by atoms with E-state index in [4.69, 9.17) is 5.11 Å². The SMILES string of the molecule is CC(C)CC1(O)CCN(C(=O)Nc2cc(C(F)(F)F)c3ccn(-c4ccc(C(=O)O)cc4)c3c2)CC1. The van der Waals surface area contributed by atoms with E-state index in [-0.39, 0.29) is 22.2 Å². The first-order valence-corrected chi connectivity index (χ1v) is 11.7. The fourth-order valence-corrected chi connectivity index (χ4v) is 4.83. The first-order valence-electron chi connectivity index (χ1n) is 11.7. The number of anilines is 1. The average Bonchev–Trinajstić information content (AvgIpc) is 3.21. The number of carboxylic acids is 1. The van der Waals surface area contributed by atoms with Crippen LogP contribution in [0.3, 0.4) is 0 Å². The Hall–Kier alpha value is -3.53. The molecule has 2 heterocycles. The van der Waals surface area contributed by atoms with Gasteiger partial charge in [-0.2, -0.15) is 13.2 Å². The average molecular weight is 504 g/mol. The molecule has 2 aromatic carbocycles. The van der Waals surface area contributed by atoms with Gasteiger partial charge in [-0.25, -0.2) is 9.59 Å². The molecular weight excluding hydrogens is 475 g/mol. The van der Waals surface area contributed by atoms with E-state index in [1.165, 1.54) is 52.1 Å². The monoisotopic (exact) mass is 503 g/mol. The number of aromatic nitrogens is 1. The van der Waals surface area contributed by atoms with Crippen LogP contribution in [0.25, 0.3) is 16.6 Å². The molecule has 3 aromatic rings. The maximum Gasteiger partial charge on any atom is 0.417 e. The van der Waals surface area contributed by atoms with Gasteiger partial charge in [0.1, 0.15) is 0 Å². The van der Waals surface area contributed by atoms with E-state index in [9.17, 15) is 27.9 Å². The lowest BCUT2D eigenvalue weighted by atomic mass is 9.84. The third-order valence-electron chi connectivity index (χ3n) is 6.53. The summed E-state index contributed by atoms with van der Waals surface area (Å²) in [5.41, 5.74) is -0.989. The van der Waals surface area contributed by atoms with Crippen LogP contribution in [-0.4, -0.2) is 50.4 Å². The zero-order valence-electron chi connectivity index (χ0n) is 20.0. The maximum atomic E-state index is 13.9. The van der Waals surface area contributed by atoms with Crippen LogP contribution in [0.15, 0.2) is 48.7 Å². The molecule has 1 fully saturated rings. The van der Waals surface area contributed by atoms with Crippen molar-refractivity contribution in [3.05, 3.63) is 59.8 Å². The molecule has 0 atom stereocenters. The third kappa shape index (κ3) is 5.33. The molecular formula is C26H28F3N3O4. The smallest absolute Gasteiger partial charge is 0.417 e. The summed E-state index contributed by atoms with van der Waals surface area (Å²) >= 11 is 0. The number of alkyl halides is 3. The number of fused-ring (bicyclic) bond motifs is 1. The van der Waals surface area contributed by atoms with Gasteiger partial charge in [0.15, 0.2) is 0 Å². The van der Waals surface area contributed by atoms with Crippen molar-refractivity contribution in [1.29, 1.82) is 0 Å². The molecule has 10 heteroatoms. The lowest BCUT2D eigenvalue weighted by Gasteiger charge is -2.39. The van der Waals surface area contributed by atoms with Crippen molar-refractivity contribution in [1.82, 2.24) is 9.47 Å². The van der Waals surface area contributed by atoms with Gasteiger partial charge in [0.2, 0.25) is 0 Å². The largest absolute Gasteiger partial charge is 0.478 e. The van der Waals surface area contributed by atoms with E-state index >= 15 is 0 Å². The normalized spacial score (nSPS) is 15.9. The Morgan fingerprint density at radius 3 is 2.28 bits per heavy atom. The van der Waals surface area contributed by atoms with Crippen LogP contribution in [0.4, 0.5) is 23.7 Å². The summed E-state index contributed by atoms with van der Waals surface area (Å²) in [4.78, 5) is 25.5. The quantitative estimate of drug-likeness (QED) is 0.413. The lowest BCUT2D eigenvalue weighted by molar-refractivity contribution is -0.136. The van der Waals surface area contributed by atoms with Crippen LogP contribution >= 0.6 is 0 Å². The highest BCUT2D eigenvalue weighted by Gasteiger charge is 2.36. The first kappa shape index (κ1) is 25.6. The van der Waals surface area contributed by atoms with Crippen molar-refractivity contribution in [3.63, 3.8) is 0 Å². The molecule has 2 amide bonds. The van der Waals surface area contributed by atoms with E-state index in [0.29, 0.717) is 44.0 Å². The van der Waals surface area contributed by atoms with Crippen LogP contribution in [-0.2, 0) is 6.18 Å². The number of likely N-dealkylation sites (tertiary alicyclic amines) is 1. The number of carbonyl (C=O) groups excluding carboxylic acids is 1. The number of urea groups is 1. The Morgan fingerprint density at radius 2 is 1.72 bits per heavy atom. The first-order chi connectivity index (χ1) is 16.9. The Morgan fingerprint density at radius 1 is 1.08 bits per heavy atom. The number of rotatable bonds is 5. The Bertz CT molecular complexity index is 1270. The molecule has 3 N–H and O–H groups in total. The number of carbonyl (C=O) groups is 2. The predicted octanol–water partition coefficient (Wildman–Crippen LogP) is 5.75. The molecule has 4 rings (SSSR count). The Labute approximate surface area is 206 Å². The van der Waals surface area contributed by atoms with Gasteiger partial charge in [0, 0.05) is 36.0 Å². The molecule has 1 saturated heterocycles. The molecule has 0 aliphatic carbocycles. The second-order valence-corrected chi connectivity index (χ2v) is 9.73. The summed E-state index contributed by atoms with van der Waals surface area (Å²) < 4.78 is 43.2. The van der Waals surface area contributed by atoms with Gasteiger partial charge < -0.3 is 25.0 Å². The summed E-state index contributed by atoms with van der Waals surface area (Å²) in [6, 6.07) is 8.95. The topological polar surface area (TPSA) is 94.8 Å². The van der Waals surface area contributed by atoms with E-state index in [0.717, 1.165) is 6.07 Å². The van der Waals surface area contributed by atoms with Crippen molar-refractivity contribution < 1.29 is 33.0 Å². The minimum atomic E-state index is -4.66. The van der Waals surface area contributed by atoms with Crippen molar-refractivity contribution in [2.45, 2.75) is 44.9 Å². The van der Waals surface area contributed by atoms with Crippen LogP contribution in [0, 0.1) is 5.92 Å². The molecule has 7 nitrogen and oxygen atoms in total. The van der Waals surface area contributed by atoms with Crippen LogP contribution < -0.4 is 5.32 Å². The molecule has 0 unspecified atom stereocenters. The summed E-state index contributed by atoms with van der Waals surface area (Å²) in [6.45, 7) is 4.63. The number of hydrogen-bond acceptors (Lipinski definition) is 3. The van der Waals surface area contributed by atoms with E-state index in [2.05, 4.69) is 5.32 Å². The molecule has 0 saturated carbocycles. The van der Waals surface area contributed by atoms with Gasteiger partial charge >= 0.3 is 18.2 Å². The van der Waals surface area contributed by atoms with Gasteiger partial charge in [-0.3, -0.25) is 0 Å². The summed E-state index contributed by atoms with van der Waals surface area (Å²) in [7, 11) is 0. The Balaban J connectivity index is 1.63. The maximum absolute atomic E-state index is 13.9. The van der Waals surface area contributed by atoms with Crippen molar-refractivity contribution in [3.8, 4) is 5.69 Å². The highest BCUT2D eigenvalue weighted by Crippen LogP contribution is 2.38. The summed E-state index contributed by atoms with van der Waals surface area (Å²) in [5, 5.41) is 22.4. The standard InChI is InChI=1S/C26H28F3N3O4/c1-16(2)15-25(36)8-11-31(12-9-25)24(35)30-18-13-21(26(27,28)29)20-7-10-32(22(20)14-18)19-5-3-17(4-6-19)23(33)34/h3-7,10,13-14,16,36H,8-9,11-12,15H2,1-2H3,(H,30,35)(H,33,34). The second-order valence-electron chi connectivity index (χ2n) is 9.73. The molecule has 0 bridgehead atoms. The number of hydrogen-bond donors (Lipinski definition) is 3. The van der Waals surface area contributed by atoms with E-state index in [1.807, 2.05) is 13.8 Å². The number of amides is 2. The van der Waals surface area contributed by atoms with Crippen LogP contribution in [0.1, 0.15) is 49.0 Å². The second kappa shape index (κ2) is 9.50. The molecule has 1 aromatic heterocycles. The molecule has 192 valence electrons.